The molecule has 4 aromatic rings. The second-order valence-corrected chi connectivity index (χ2v) is 8.31. The molecule has 1 aliphatic rings. The number of nitrogens with zero attached hydrogens (tertiary/aromatic N) is 7. The van der Waals surface area contributed by atoms with Crippen molar-refractivity contribution in [1.29, 1.82) is 5.26 Å². The van der Waals surface area contributed by atoms with E-state index in [9.17, 15) is 5.26 Å². The normalized spacial score (nSPS) is 14.6. The lowest BCUT2D eigenvalue weighted by atomic mass is 10.1. The average Bonchev–Trinajstić information content (AvgIpc) is 3.25. The van der Waals surface area contributed by atoms with Gasteiger partial charge in [-0.2, -0.15) is 15.5 Å². The molecule has 0 fully saturated rings. The van der Waals surface area contributed by atoms with Gasteiger partial charge in [0.2, 0.25) is 0 Å². The molecule has 5 rings (SSSR count). The van der Waals surface area contributed by atoms with E-state index in [1.807, 2.05) is 36.0 Å². The quantitative estimate of drug-likeness (QED) is 0.439. The van der Waals surface area contributed by atoms with Crippen molar-refractivity contribution in [1.82, 2.24) is 29.3 Å². The maximum Gasteiger partial charge on any atom is 0.179 e. The Morgan fingerprint density at radius 1 is 1.25 bits per heavy atom. The van der Waals surface area contributed by atoms with Crippen LogP contribution in [0.5, 0.6) is 5.75 Å². The summed E-state index contributed by atoms with van der Waals surface area (Å²) in [6.07, 6.45) is 9.89. The molecule has 8 nitrogen and oxygen atoms in total. The molecule has 1 atom stereocenters. The highest BCUT2D eigenvalue weighted by atomic mass is 35.5. The number of hydrogen-bond acceptors (Lipinski definition) is 6. The van der Waals surface area contributed by atoms with Gasteiger partial charge < -0.3 is 9.64 Å². The minimum atomic E-state index is -0.217. The second kappa shape index (κ2) is 8.17. The summed E-state index contributed by atoms with van der Waals surface area (Å²) in [5.41, 5.74) is 5.74. The Morgan fingerprint density at radius 3 is 2.91 bits per heavy atom. The van der Waals surface area contributed by atoms with Gasteiger partial charge in [0, 0.05) is 54.9 Å². The number of aromatic nitrogens is 5. The van der Waals surface area contributed by atoms with E-state index in [0.717, 1.165) is 34.5 Å². The van der Waals surface area contributed by atoms with Gasteiger partial charge in [0.15, 0.2) is 6.19 Å². The lowest BCUT2D eigenvalue weighted by Crippen LogP contribution is -2.21. The van der Waals surface area contributed by atoms with Crippen molar-refractivity contribution in [2.75, 3.05) is 13.1 Å². The molecule has 0 bridgehead atoms. The van der Waals surface area contributed by atoms with Crippen molar-refractivity contribution < 1.29 is 4.74 Å². The van der Waals surface area contributed by atoms with Crippen molar-refractivity contribution in [2.45, 2.75) is 32.9 Å². The Bertz CT molecular complexity index is 1320. The monoisotopic (exact) mass is 447 g/mol. The molecule has 0 amide bonds. The minimum Gasteiger partial charge on any atom is -0.484 e. The van der Waals surface area contributed by atoms with Gasteiger partial charge in [-0.3, -0.25) is 9.67 Å². The summed E-state index contributed by atoms with van der Waals surface area (Å²) in [6.45, 7) is 6.10. The summed E-state index contributed by atoms with van der Waals surface area (Å²) in [5.74, 6) is 0.639. The number of ether oxygens (including phenoxy) is 1. The molecule has 4 aromatic heterocycles. The fraction of sp³-hybridized carbons (Fsp3) is 0.304. The molecule has 0 aliphatic carbocycles. The molecule has 32 heavy (non-hydrogen) atoms. The molecular formula is C23H22ClN7O. The Labute approximate surface area is 190 Å². The van der Waals surface area contributed by atoms with Gasteiger partial charge in [-0.05, 0) is 31.5 Å². The second-order valence-electron chi connectivity index (χ2n) is 7.91. The van der Waals surface area contributed by atoms with E-state index in [1.54, 1.807) is 28.0 Å². The predicted octanol–water partition coefficient (Wildman–Crippen LogP) is 4.03. The molecule has 9 heteroatoms. The zero-order chi connectivity index (χ0) is 22.2. The topological polar surface area (TPSA) is 84.3 Å². The van der Waals surface area contributed by atoms with Gasteiger partial charge in [-0.25, -0.2) is 4.52 Å². The van der Waals surface area contributed by atoms with E-state index >= 15 is 0 Å². The molecule has 0 radical (unpaired) electrons. The molecule has 5 heterocycles. The predicted molar refractivity (Wildman–Crippen MR) is 120 cm³/mol. The fourth-order valence-corrected chi connectivity index (χ4v) is 4.40. The molecule has 1 aliphatic heterocycles. The third-order valence-corrected chi connectivity index (χ3v) is 6.20. The van der Waals surface area contributed by atoms with E-state index < -0.39 is 0 Å². The number of nitriles is 1. The highest BCUT2D eigenvalue weighted by molar-refractivity contribution is 6.34. The Morgan fingerprint density at radius 2 is 2.12 bits per heavy atom. The van der Waals surface area contributed by atoms with E-state index in [0.29, 0.717) is 35.9 Å². The van der Waals surface area contributed by atoms with Gasteiger partial charge in [0.1, 0.15) is 17.4 Å². The van der Waals surface area contributed by atoms with Crippen LogP contribution in [0.15, 0.2) is 43.0 Å². The average molecular weight is 448 g/mol. The zero-order valence-corrected chi connectivity index (χ0v) is 18.6. The molecular weight excluding hydrogens is 426 g/mol. The Kier molecular flexibility index (Phi) is 5.19. The largest absolute Gasteiger partial charge is 0.484 e. The van der Waals surface area contributed by atoms with Crippen molar-refractivity contribution in [2.24, 2.45) is 0 Å². The van der Waals surface area contributed by atoms with Gasteiger partial charge >= 0.3 is 0 Å². The fourth-order valence-electron chi connectivity index (χ4n) is 4.17. The molecule has 0 aromatic carbocycles. The van der Waals surface area contributed by atoms with Crippen molar-refractivity contribution in [3.05, 3.63) is 64.8 Å². The van der Waals surface area contributed by atoms with Crippen LogP contribution in [0.25, 0.3) is 16.8 Å². The van der Waals surface area contributed by atoms with Crippen LogP contribution < -0.4 is 4.74 Å². The van der Waals surface area contributed by atoms with Crippen LogP contribution in [0.4, 0.5) is 0 Å². The lowest BCUT2D eigenvalue weighted by molar-refractivity contribution is 0.228. The Balaban J connectivity index is 1.56. The smallest absolute Gasteiger partial charge is 0.179 e. The number of hydrogen-bond donors (Lipinski definition) is 0. The first-order valence-electron chi connectivity index (χ1n) is 10.5. The number of fused-ring (bicyclic) bond motifs is 2. The SMILES string of the molecule is Cc1c(-c2cc(O[C@H](C)c3cccnc3)c3c(Cl)cnn3c2)nn2c1CCN(C#N)CC2. The maximum atomic E-state index is 9.23. The van der Waals surface area contributed by atoms with Crippen LogP contribution in [0.3, 0.4) is 0 Å². The summed E-state index contributed by atoms with van der Waals surface area (Å²) in [4.78, 5) is 5.97. The summed E-state index contributed by atoms with van der Waals surface area (Å²) in [5, 5.41) is 19.0. The third kappa shape index (κ3) is 3.55. The number of pyridine rings is 2. The van der Waals surface area contributed by atoms with Gasteiger partial charge in [-0.15, -0.1) is 0 Å². The first-order valence-corrected chi connectivity index (χ1v) is 10.9. The van der Waals surface area contributed by atoms with Crippen molar-refractivity contribution >= 4 is 17.1 Å². The van der Waals surface area contributed by atoms with E-state index in [-0.39, 0.29) is 6.10 Å². The van der Waals surface area contributed by atoms with Crippen molar-refractivity contribution in [3.8, 4) is 23.2 Å². The number of rotatable bonds is 4. The highest BCUT2D eigenvalue weighted by Crippen LogP contribution is 2.36. The molecule has 0 saturated carbocycles. The number of halogens is 1. The molecule has 0 spiro atoms. The Hall–Kier alpha value is -3.57. The van der Waals surface area contributed by atoms with Gasteiger partial charge in [0.05, 0.1) is 23.5 Å². The van der Waals surface area contributed by atoms with E-state index in [2.05, 4.69) is 23.2 Å². The van der Waals surface area contributed by atoms with E-state index in [1.165, 1.54) is 0 Å². The molecule has 0 N–H and O–H groups in total. The zero-order valence-electron chi connectivity index (χ0n) is 17.9. The van der Waals surface area contributed by atoms with Crippen LogP contribution in [0, 0.1) is 18.4 Å². The third-order valence-electron chi connectivity index (χ3n) is 5.93. The maximum absolute atomic E-state index is 9.23. The summed E-state index contributed by atoms with van der Waals surface area (Å²) >= 11 is 6.44. The standard InChI is InChI=1S/C23H22ClN7O/c1-15-20-5-7-29(14-25)8-9-30(20)28-22(15)18-10-21(23-19(24)12-27-31(23)13-18)32-16(2)17-4-3-6-26-11-17/h3-4,6,10-13,16H,5,7-9H2,1-2H3/t16-/m1/s1. The van der Waals surface area contributed by atoms with Crippen LogP contribution in [-0.2, 0) is 13.0 Å². The molecule has 0 unspecified atom stereocenters. The van der Waals surface area contributed by atoms with Gasteiger partial charge in [0.25, 0.3) is 0 Å². The van der Waals surface area contributed by atoms with Crippen LogP contribution in [-0.4, -0.2) is 42.4 Å². The first-order chi connectivity index (χ1) is 15.5. The summed E-state index contributed by atoms with van der Waals surface area (Å²) < 4.78 is 10.1. The van der Waals surface area contributed by atoms with Gasteiger partial charge in [-0.1, -0.05) is 17.7 Å². The lowest BCUT2D eigenvalue weighted by Gasteiger charge is -2.17. The van der Waals surface area contributed by atoms with Crippen LogP contribution >= 0.6 is 11.6 Å². The van der Waals surface area contributed by atoms with Crippen LogP contribution in [0.1, 0.15) is 29.8 Å². The summed E-state index contributed by atoms with van der Waals surface area (Å²) in [7, 11) is 0. The van der Waals surface area contributed by atoms with Crippen molar-refractivity contribution in [3.63, 3.8) is 0 Å². The first kappa shape index (κ1) is 20.3. The molecule has 0 saturated heterocycles. The summed E-state index contributed by atoms with van der Waals surface area (Å²) in [6, 6.07) is 5.85. The minimum absolute atomic E-state index is 0.217. The molecule has 162 valence electrons. The van der Waals surface area contributed by atoms with Crippen LogP contribution in [0.2, 0.25) is 5.02 Å². The highest BCUT2D eigenvalue weighted by Gasteiger charge is 2.22. The van der Waals surface area contributed by atoms with E-state index in [4.69, 9.17) is 21.4 Å².